The van der Waals surface area contributed by atoms with Crippen LogP contribution in [-0.4, -0.2) is 0 Å². The van der Waals surface area contributed by atoms with E-state index in [0.717, 1.165) is 6.42 Å². The van der Waals surface area contributed by atoms with Crippen molar-refractivity contribution in [2.75, 3.05) is 0 Å². The summed E-state index contributed by atoms with van der Waals surface area (Å²) in [5.41, 5.74) is 11.3. The van der Waals surface area contributed by atoms with Crippen LogP contribution in [0.1, 0.15) is 30.4 Å². The molecule has 0 bridgehead atoms. The van der Waals surface area contributed by atoms with Crippen molar-refractivity contribution in [2.24, 2.45) is 0 Å². The van der Waals surface area contributed by atoms with Gasteiger partial charge in [-0.15, -0.1) is 0 Å². The number of rotatable bonds is 2. The van der Waals surface area contributed by atoms with Crippen LogP contribution in [-0.2, 0) is 6.42 Å². The quantitative estimate of drug-likeness (QED) is 0.236. The van der Waals surface area contributed by atoms with Gasteiger partial charge in [-0.05, 0) is 122 Å². The van der Waals surface area contributed by atoms with Gasteiger partial charge in [0.15, 0.2) is 0 Å². The molecular weight excluding hydrogens is 487 g/mol. The summed E-state index contributed by atoms with van der Waals surface area (Å²) in [4.78, 5) is 0. The summed E-state index contributed by atoms with van der Waals surface area (Å²) in [5, 5.41) is 2.78. The van der Waals surface area contributed by atoms with Crippen molar-refractivity contribution < 1.29 is 0 Å². The molecule has 0 radical (unpaired) electrons. The SMILES string of the molecule is Ic1ccc(-c2cc(-c3ccccc3)c3c4c(ccc3c2)C2=C(CCC=C2)CC4)cc1. The number of aryl methyl sites for hydroxylation is 1. The van der Waals surface area contributed by atoms with Crippen molar-refractivity contribution in [3.05, 3.63) is 111 Å². The molecular formula is C30H23I. The van der Waals surface area contributed by atoms with Gasteiger partial charge in [-0.25, -0.2) is 0 Å². The highest BCUT2D eigenvalue weighted by Gasteiger charge is 2.22. The minimum absolute atomic E-state index is 1.14. The maximum atomic E-state index is 2.40. The lowest BCUT2D eigenvalue weighted by molar-refractivity contribution is 0.831. The molecule has 0 aromatic heterocycles. The van der Waals surface area contributed by atoms with Crippen molar-refractivity contribution in [1.82, 2.24) is 0 Å². The molecule has 1 heteroatoms. The van der Waals surface area contributed by atoms with Gasteiger partial charge in [0.25, 0.3) is 0 Å². The van der Waals surface area contributed by atoms with Crippen LogP contribution in [0.2, 0.25) is 0 Å². The van der Waals surface area contributed by atoms with Crippen molar-refractivity contribution in [3.63, 3.8) is 0 Å². The molecule has 0 heterocycles. The van der Waals surface area contributed by atoms with Crippen LogP contribution < -0.4 is 0 Å². The number of hydrogen-bond acceptors (Lipinski definition) is 0. The zero-order chi connectivity index (χ0) is 20.8. The van der Waals surface area contributed by atoms with E-state index in [1.807, 2.05) is 0 Å². The molecule has 31 heavy (non-hydrogen) atoms. The van der Waals surface area contributed by atoms with Gasteiger partial charge < -0.3 is 0 Å². The van der Waals surface area contributed by atoms with Crippen LogP contribution in [0.5, 0.6) is 0 Å². The number of halogens is 1. The molecule has 0 N–H and O–H groups in total. The summed E-state index contributed by atoms with van der Waals surface area (Å²) in [5.74, 6) is 0. The molecule has 6 rings (SSSR count). The Hall–Kier alpha value is -2.65. The van der Waals surface area contributed by atoms with E-state index in [4.69, 9.17) is 0 Å². The third kappa shape index (κ3) is 3.36. The highest BCUT2D eigenvalue weighted by atomic mass is 127. The van der Waals surface area contributed by atoms with Gasteiger partial charge in [-0.3, -0.25) is 0 Å². The van der Waals surface area contributed by atoms with Gasteiger partial charge >= 0.3 is 0 Å². The molecule has 2 aliphatic rings. The summed E-state index contributed by atoms with van der Waals surface area (Å²) in [6, 6.07) is 29.3. The van der Waals surface area contributed by atoms with Crippen LogP contribution >= 0.6 is 22.6 Å². The van der Waals surface area contributed by atoms with Gasteiger partial charge in [0.05, 0.1) is 0 Å². The number of allylic oxidation sites excluding steroid dienone is 4. The fourth-order valence-corrected chi connectivity index (χ4v) is 5.59. The zero-order valence-electron chi connectivity index (χ0n) is 17.4. The first-order valence-corrected chi connectivity index (χ1v) is 12.2. The molecule has 0 saturated heterocycles. The standard InChI is InChI=1S/C30H23I/c31-25-14-10-20(11-15-25)24-18-23-13-16-27-26-9-5-4-8-22(26)12-17-28(27)30(23)29(19-24)21-6-2-1-3-7-21/h1-3,5-7,9-11,13-16,18-19H,4,8,12,17H2. The zero-order valence-corrected chi connectivity index (χ0v) is 19.5. The molecule has 0 fully saturated rings. The molecule has 0 amide bonds. The monoisotopic (exact) mass is 510 g/mol. The van der Waals surface area contributed by atoms with Crippen molar-refractivity contribution >= 4 is 38.9 Å². The van der Waals surface area contributed by atoms with E-state index in [1.165, 1.54) is 72.6 Å². The summed E-state index contributed by atoms with van der Waals surface area (Å²) < 4.78 is 1.27. The summed E-state index contributed by atoms with van der Waals surface area (Å²) in [6.07, 6.45) is 9.46. The number of fused-ring (bicyclic) bond motifs is 4. The maximum Gasteiger partial charge on any atom is 0.0130 e. The van der Waals surface area contributed by atoms with E-state index < -0.39 is 0 Å². The second-order valence-corrected chi connectivity index (χ2v) is 9.79. The Kier molecular flexibility index (Phi) is 4.80. The first-order valence-electron chi connectivity index (χ1n) is 11.1. The molecule has 0 unspecified atom stereocenters. The third-order valence-corrected chi connectivity index (χ3v) is 7.45. The smallest absolute Gasteiger partial charge is 0.0130 e. The molecule has 0 aliphatic heterocycles. The van der Waals surface area contributed by atoms with Crippen molar-refractivity contribution in [2.45, 2.75) is 25.7 Å². The Morgan fingerprint density at radius 1 is 0.645 bits per heavy atom. The summed E-state index contributed by atoms with van der Waals surface area (Å²) in [7, 11) is 0. The van der Waals surface area contributed by atoms with Crippen LogP contribution in [0, 0.1) is 3.57 Å². The van der Waals surface area contributed by atoms with E-state index in [-0.39, 0.29) is 0 Å². The van der Waals surface area contributed by atoms with Gasteiger partial charge in [0.2, 0.25) is 0 Å². The van der Waals surface area contributed by atoms with E-state index in [2.05, 4.69) is 114 Å². The van der Waals surface area contributed by atoms with Gasteiger partial charge in [0, 0.05) is 3.57 Å². The lowest BCUT2D eigenvalue weighted by Gasteiger charge is -2.26. The Balaban J connectivity index is 1.65. The molecule has 150 valence electrons. The first-order chi connectivity index (χ1) is 15.3. The van der Waals surface area contributed by atoms with E-state index in [9.17, 15) is 0 Å². The normalized spacial score (nSPS) is 15.1. The van der Waals surface area contributed by atoms with Crippen molar-refractivity contribution in [1.29, 1.82) is 0 Å². The van der Waals surface area contributed by atoms with E-state index in [1.54, 1.807) is 5.57 Å². The highest BCUT2D eigenvalue weighted by Crippen LogP contribution is 2.44. The average Bonchev–Trinajstić information content (AvgIpc) is 2.84. The molecule has 2 aliphatic carbocycles. The highest BCUT2D eigenvalue weighted by molar-refractivity contribution is 14.1. The fourth-order valence-electron chi connectivity index (χ4n) is 5.23. The summed E-state index contributed by atoms with van der Waals surface area (Å²) in [6.45, 7) is 0. The molecule has 0 atom stereocenters. The molecule has 0 nitrogen and oxygen atoms in total. The number of hydrogen-bond donors (Lipinski definition) is 0. The largest absolute Gasteiger partial charge is 0.0836 e. The van der Waals surface area contributed by atoms with E-state index in [0.29, 0.717) is 0 Å². The first kappa shape index (κ1) is 19.1. The second kappa shape index (κ2) is 7.80. The summed E-state index contributed by atoms with van der Waals surface area (Å²) >= 11 is 2.37. The van der Waals surface area contributed by atoms with Crippen LogP contribution in [0.4, 0.5) is 0 Å². The molecule has 0 saturated carbocycles. The second-order valence-electron chi connectivity index (χ2n) is 8.54. The van der Waals surface area contributed by atoms with Crippen LogP contribution in [0.15, 0.2) is 96.6 Å². The Morgan fingerprint density at radius 3 is 2.32 bits per heavy atom. The van der Waals surface area contributed by atoms with E-state index >= 15 is 0 Å². The minimum Gasteiger partial charge on any atom is -0.0836 e. The topological polar surface area (TPSA) is 0 Å². The van der Waals surface area contributed by atoms with Gasteiger partial charge in [0.1, 0.15) is 0 Å². The van der Waals surface area contributed by atoms with Crippen LogP contribution in [0.25, 0.3) is 38.6 Å². The predicted octanol–water partition coefficient (Wildman–Crippen LogP) is 8.83. The fraction of sp³-hybridized carbons (Fsp3) is 0.133. The Labute approximate surface area is 197 Å². The number of benzene rings is 4. The lowest BCUT2D eigenvalue weighted by Crippen LogP contribution is -2.07. The molecule has 0 spiro atoms. The molecule has 4 aromatic rings. The van der Waals surface area contributed by atoms with Gasteiger partial charge in [-0.2, -0.15) is 0 Å². The minimum atomic E-state index is 1.14. The van der Waals surface area contributed by atoms with Gasteiger partial charge in [-0.1, -0.05) is 72.3 Å². The lowest BCUT2D eigenvalue weighted by atomic mass is 9.78. The van der Waals surface area contributed by atoms with Crippen molar-refractivity contribution in [3.8, 4) is 22.3 Å². The molecule has 4 aromatic carbocycles. The maximum absolute atomic E-state index is 2.40. The third-order valence-electron chi connectivity index (χ3n) is 6.73. The average molecular weight is 510 g/mol. The Bertz CT molecular complexity index is 1360. The van der Waals surface area contributed by atoms with Crippen LogP contribution in [0.3, 0.4) is 0 Å². The Morgan fingerprint density at radius 2 is 1.48 bits per heavy atom. The predicted molar refractivity (Wildman–Crippen MR) is 141 cm³/mol.